The van der Waals surface area contributed by atoms with E-state index < -0.39 is 15.9 Å². The van der Waals surface area contributed by atoms with E-state index in [9.17, 15) is 13.2 Å². The first-order valence-electron chi connectivity index (χ1n) is 9.30. The topological polar surface area (TPSA) is 138 Å². The third kappa shape index (κ3) is 3.58. The molecule has 32 heavy (non-hydrogen) atoms. The molecule has 0 aliphatic heterocycles. The van der Waals surface area contributed by atoms with E-state index in [2.05, 4.69) is 30.2 Å². The van der Waals surface area contributed by atoms with Crippen LogP contribution < -0.4 is 4.72 Å². The van der Waals surface area contributed by atoms with E-state index >= 15 is 0 Å². The van der Waals surface area contributed by atoms with E-state index in [0.29, 0.717) is 11.5 Å². The molecule has 0 unspecified atom stereocenters. The van der Waals surface area contributed by atoms with Crippen LogP contribution in [0.25, 0.3) is 22.5 Å². The van der Waals surface area contributed by atoms with Crippen LogP contribution in [0.3, 0.4) is 0 Å². The SMILES string of the molecule is O=C(NS(=O)(=O)c1cccc(-n2cnnn2)c1)c1ccc(-n2cnc3ccccc32)nc1. The van der Waals surface area contributed by atoms with Crippen LogP contribution in [0.15, 0.2) is 84.4 Å². The maximum Gasteiger partial charge on any atom is 0.266 e. The summed E-state index contributed by atoms with van der Waals surface area (Å²) < 4.78 is 30.6. The first-order valence-corrected chi connectivity index (χ1v) is 10.8. The Morgan fingerprint density at radius 2 is 1.81 bits per heavy atom. The molecule has 0 radical (unpaired) electrons. The predicted molar refractivity (Wildman–Crippen MR) is 113 cm³/mol. The average Bonchev–Trinajstić information content (AvgIpc) is 3.49. The minimum atomic E-state index is -4.13. The number of hydrogen-bond acceptors (Lipinski definition) is 8. The molecule has 11 nitrogen and oxygen atoms in total. The number of pyridine rings is 1. The molecule has 3 heterocycles. The number of amides is 1. The number of carbonyl (C=O) groups excluding carboxylic acids is 1. The van der Waals surface area contributed by atoms with Crippen LogP contribution in [0, 0.1) is 0 Å². The molecule has 12 heteroatoms. The molecule has 1 amide bonds. The number of fused-ring (bicyclic) bond motifs is 1. The Labute approximate surface area is 181 Å². The lowest BCUT2D eigenvalue weighted by Gasteiger charge is -2.09. The molecular weight excluding hydrogens is 432 g/mol. The lowest BCUT2D eigenvalue weighted by molar-refractivity contribution is 0.0981. The molecule has 0 bridgehead atoms. The number of hydrogen-bond donors (Lipinski definition) is 1. The zero-order valence-electron chi connectivity index (χ0n) is 16.3. The monoisotopic (exact) mass is 446 g/mol. The number of benzene rings is 2. The van der Waals surface area contributed by atoms with Crippen molar-refractivity contribution in [3.8, 4) is 11.5 Å². The third-order valence-corrected chi connectivity index (χ3v) is 6.01. The van der Waals surface area contributed by atoms with Crippen LogP contribution >= 0.6 is 0 Å². The van der Waals surface area contributed by atoms with Crippen molar-refractivity contribution >= 4 is 27.0 Å². The highest BCUT2D eigenvalue weighted by Crippen LogP contribution is 2.17. The first kappa shape index (κ1) is 19.5. The van der Waals surface area contributed by atoms with Crippen molar-refractivity contribution in [3.05, 3.63) is 85.1 Å². The Morgan fingerprint density at radius 3 is 2.59 bits per heavy atom. The van der Waals surface area contributed by atoms with Gasteiger partial charge in [0.2, 0.25) is 0 Å². The van der Waals surface area contributed by atoms with Crippen molar-refractivity contribution in [2.75, 3.05) is 0 Å². The maximum atomic E-state index is 12.7. The zero-order valence-corrected chi connectivity index (χ0v) is 17.1. The number of tetrazole rings is 1. The molecule has 5 aromatic rings. The van der Waals surface area contributed by atoms with Crippen LogP contribution in [-0.4, -0.2) is 49.1 Å². The Bertz CT molecular complexity index is 1530. The summed E-state index contributed by atoms with van der Waals surface area (Å²) in [6, 6.07) is 16.6. The minimum absolute atomic E-state index is 0.0957. The standard InChI is InChI=1S/C20H14N8O3S/c29-20(24-32(30,31)16-5-3-4-15(10-16)28-13-23-25-26-28)14-8-9-19(21-11-14)27-12-22-17-6-1-2-7-18(17)27/h1-13H,(H,24,29). The predicted octanol–water partition coefficient (Wildman–Crippen LogP) is 1.51. The molecule has 0 saturated heterocycles. The molecule has 1 N–H and O–H groups in total. The Hall–Kier alpha value is -4.45. The first-order chi connectivity index (χ1) is 15.5. The second-order valence-corrected chi connectivity index (χ2v) is 8.38. The number of imidazole rings is 1. The van der Waals surface area contributed by atoms with Crippen LogP contribution in [0.4, 0.5) is 0 Å². The molecule has 0 spiro atoms. The quantitative estimate of drug-likeness (QED) is 0.429. The summed E-state index contributed by atoms with van der Waals surface area (Å²) in [5.74, 6) is -0.250. The molecule has 0 aliphatic rings. The Morgan fingerprint density at radius 1 is 0.938 bits per heavy atom. The fourth-order valence-electron chi connectivity index (χ4n) is 3.12. The van der Waals surface area contributed by atoms with Crippen molar-refractivity contribution in [3.63, 3.8) is 0 Å². The van der Waals surface area contributed by atoms with Gasteiger partial charge in [0, 0.05) is 6.20 Å². The number of nitrogens with one attached hydrogen (secondary N) is 1. The second-order valence-electron chi connectivity index (χ2n) is 6.69. The number of para-hydroxylation sites is 2. The summed E-state index contributed by atoms with van der Waals surface area (Å²) in [5.41, 5.74) is 2.20. The number of nitrogens with zero attached hydrogens (tertiary/aromatic N) is 7. The highest BCUT2D eigenvalue weighted by molar-refractivity contribution is 7.90. The lowest BCUT2D eigenvalue weighted by Crippen LogP contribution is -2.30. The van der Waals surface area contributed by atoms with E-state index in [1.54, 1.807) is 23.0 Å². The fourth-order valence-corrected chi connectivity index (χ4v) is 4.13. The van der Waals surface area contributed by atoms with E-state index in [1.165, 1.54) is 41.5 Å². The maximum absolute atomic E-state index is 12.7. The molecule has 0 atom stereocenters. The highest BCUT2D eigenvalue weighted by atomic mass is 32.2. The molecule has 5 rings (SSSR count). The summed E-state index contributed by atoms with van der Waals surface area (Å²) in [4.78, 5) is 21.1. The summed E-state index contributed by atoms with van der Waals surface area (Å²) >= 11 is 0. The van der Waals surface area contributed by atoms with Crippen molar-refractivity contribution in [2.45, 2.75) is 4.90 Å². The summed E-state index contributed by atoms with van der Waals surface area (Å²) in [5, 5.41) is 10.8. The highest BCUT2D eigenvalue weighted by Gasteiger charge is 2.20. The number of aromatic nitrogens is 7. The molecule has 0 fully saturated rings. The molecular formula is C20H14N8O3S. The van der Waals surface area contributed by atoms with Gasteiger partial charge in [-0.2, -0.15) is 0 Å². The normalized spacial score (nSPS) is 11.5. The van der Waals surface area contributed by atoms with Gasteiger partial charge in [-0.05, 0) is 52.9 Å². The third-order valence-electron chi connectivity index (χ3n) is 4.68. The smallest absolute Gasteiger partial charge is 0.266 e. The molecule has 158 valence electrons. The van der Waals surface area contributed by atoms with E-state index in [4.69, 9.17) is 0 Å². The lowest BCUT2D eigenvalue weighted by atomic mass is 10.2. The van der Waals surface area contributed by atoms with Gasteiger partial charge >= 0.3 is 0 Å². The molecule has 3 aromatic heterocycles. The van der Waals surface area contributed by atoms with Crippen LogP contribution in [0.1, 0.15) is 10.4 Å². The van der Waals surface area contributed by atoms with Gasteiger partial charge in [0.05, 0.1) is 27.2 Å². The van der Waals surface area contributed by atoms with Gasteiger partial charge < -0.3 is 0 Å². The average molecular weight is 446 g/mol. The van der Waals surface area contributed by atoms with E-state index in [-0.39, 0.29) is 10.5 Å². The van der Waals surface area contributed by atoms with E-state index in [0.717, 1.165) is 11.0 Å². The summed E-state index contributed by atoms with van der Waals surface area (Å²) in [7, 11) is -4.13. The van der Waals surface area contributed by atoms with Crippen LogP contribution in [-0.2, 0) is 10.0 Å². The van der Waals surface area contributed by atoms with Gasteiger partial charge in [0.25, 0.3) is 15.9 Å². The Kier molecular flexibility index (Phi) is 4.67. The van der Waals surface area contributed by atoms with Crippen LogP contribution in [0.5, 0.6) is 0 Å². The summed E-state index contributed by atoms with van der Waals surface area (Å²) in [6.07, 6.45) is 4.28. The van der Waals surface area contributed by atoms with Crippen molar-refractivity contribution < 1.29 is 13.2 Å². The van der Waals surface area contributed by atoms with Gasteiger partial charge in [-0.1, -0.05) is 18.2 Å². The van der Waals surface area contributed by atoms with Gasteiger partial charge in [0.15, 0.2) is 0 Å². The Balaban J connectivity index is 1.37. The zero-order chi connectivity index (χ0) is 22.1. The molecule has 0 aliphatic carbocycles. The van der Waals surface area contributed by atoms with Gasteiger partial charge in [-0.25, -0.2) is 27.8 Å². The minimum Gasteiger partial charge on any atom is -0.283 e. The van der Waals surface area contributed by atoms with Gasteiger partial charge in [-0.3, -0.25) is 9.36 Å². The van der Waals surface area contributed by atoms with Gasteiger partial charge in [0.1, 0.15) is 18.5 Å². The fraction of sp³-hybridized carbons (Fsp3) is 0. The van der Waals surface area contributed by atoms with Gasteiger partial charge in [-0.15, -0.1) is 5.10 Å². The molecule has 0 saturated carbocycles. The second kappa shape index (κ2) is 7.67. The van der Waals surface area contributed by atoms with Crippen molar-refractivity contribution in [2.24, 2.45) is 0 Å². The number of sulfonamides is 1. The largest absolute Gasteiger partial charge is 0.283 e. The van der Waals surface area contributed by atoms with Crippen molar-refractivity contribution in [1.29, 1.82) is 0 Å². The molecule has 2 aromatic carbocycles. The van der Waals surface area contributed by atoms with E-state index in [1.807, 2.05) is 24.3 Å². The number of carbonyl (C=O) groups is 1. The van der Waals surface area contributed by atoms with Crippen molar-refractivity contribution in [1.82, 2.24) is 39.5 Å². The van der Waals surface area contributed by atoms with Crippen LogP contribution in [0.2, 0.25) is 0 Å². The number of rotatable bonds is 5. The summed E-state index contributed by atoms with van der Waals surface area (Å²) in [6.45, 7) is 0.